The Hall–Kier alpha value is -3.00. The van der Waals surface area contributed by atoms with Gasteiger partial charge in [-0.3, -0.25) is 14.9 Å². The number of hydrogen-bond acceptors (Lipinski definition) is 4. The second-order valence-electron chi connectivity index (χ2n) is 6.24. The SMILES string of the molecule is O=C1NC(=S)N(c2ccccc2F)C(=O)C1=Cc1ccc(-c2ccc(Cl)cc2Cl)o1. The van der Waals surface area contributed by atoms with E-state index in [4.69, 9.17) is 39.8 Å². The van der Waals surface area contributed by atoms with Crippen LogP contribution in [0.3, 0.4) is 0 Å². The van der Waals surface area contributed by atoms with Crippen molar-refractivity contribution in [1.29, 1.82) is 0 Å². The zero-order chi connectivity index (χ0) is 21.4. The number of anilines is 1. The molecule has 0 unspecified atom stereocenters. The summed E-state index contributed by atoms with van der Waals surface area (Å²) < 4.78 is 19.9. The Morgan fingerprint density at radius 3 is 2.57 bits per heavy atom. The van der Waals surface area contributed by atoms with Gasteiger partial charge in [-0.1, -0.05) is 35.3 Å². The van der Waals surface area contributed by atoms with Crippen LogP contribution in [0.1, 0.15) is 5.76 Å². The number of carbonyl (C=O) groups excluding carboxylic acids is 2. The Balaban J connectivity index is 1.70. The van der Waals surface area contributed by atoms with Crippen molar-refractivity contribution in [1.82, 2.24) is 5.32 Å². The molecule has 0 bridgehead atoms. The van der Waals surface area contributed by atoms with Gasteiger partial charge in [0.25, 0.3) is 11.8 Å². The van der Waals surface area contributed by atoms with Crippen LogP contribution in [0.25, 0.3) is 17.4 Å². The second kappa shape index (κ2) is 8.02. The molecule has 0 radical (unpaired) electrons. The standard InChI is InChI=1S/C21H11Cl2FN2O3S/c22-11-5-7-13(15(23)9-11)18-8-6-12(29-18)10-14-19(27)25-21(30)26(20(14)28)17-4-2-1-3-16(17)24/h1-10H,(H,25,27,30). The first-order chi connectivity index (χ1) is 14.3. The van der Waals surface area contributed by atoms with Gasteiger partial charge in [0.1, 0.15) is 22.9 Å². The fourth-order valence-electron chi connectivity index (χ4n) is 2.92. The van der Waals surface area contributed by atoms with E-state index in [1.807, 2.05) is 0 Å². The van der Waals surface area contributed by atoms with Crippen LogP contribution in [0.15, 0.2) is 64.6 Å². The molecular formula is C21H11Cl2FN2O3S. The highest BCUT2D eigenvalue weighted by Crippen LogP contribution is 2.32. The highest BCUT2D eigenvalue weighted by atomic mass is 35.5. The summed E-state index contributed by atoms with van der Waals surface area (Å²) in [4.78, 5) is 26.2. The van der Waals surface area contributed by atoms with Gasteiger partial charge in [-0.25, -0.2) is 9.29 Å². The van der Waals surface area contributed by atoms with E-state index < -0.39 is 17.6 Å². The number of nitrogens with zero attached hydrogens (tertiary/aromatic N) is 1. The van der Waals surface area contributed by atoms with Gasteiger partial charge >= 0.3 is 0 Å². The summed E-state index contributed by atoms with van der Waals surface area (Å²) >= 11 is 17.2. The summed E-state index contributed by atoms with van der Waals surface area (Å²) in [5.74, 6) is -1.47. The zero-order valence-electron chi connectivity index (χ0n) is 15.0. The fourth-order valence-corrected chi connectivity index (χ4v) is 3.69. The first-order valence-corrected chi connectivity index (χ1v) is 9.73. The number of hydrogen-bond donors (Lipinski definition) is 1. The molecule has 5 nitrogen and oxygen atoms in total. The number of halogens is 3. The third kappa shape index (κ3) is 3.75. The van der Waals surface area contributed by atoms with E-state index in [1.165, 1.54) is 24.3 Å². The van der Waals surface area contributed by atoms with Crippen LogP contribution in [-0.2, 0) is 9.59 Å². The van der Waals surface area contributed by atoms with Crippen molar-refractivity contribution in [2.45, 2.75) is 0 Å². The highest BCUT2D eigenvalue weighted by molar-refractivity contribution is 7.80. The Morgan fingerprint density at radius 1 is 1.07 bits per heavy atom. The van der Waals surface area contributed by atoms with Crippen molar-refractivity contribution in [2.24, 2.45) is 0 Å². The molecular weight excluding hydrogens is 450 g/mol. The van der Waals surface area contributed by atoms with E-state index in [0.29, 0.717) is 21.4 Å². The minimum Gasteiger partial charge on any atom is -0.457 e. The predicted molar refractivity (Wildman–Crippen MR) is 117 cm³/mol. The molecule has 1 aliphatic heterocycles. The lowest BCUT2D eigenvalue weighted by atomic mass is 10.1. The lowest BCUT2D eigenvalue weighted by molar-refractivity contribution is -0.122. The smallest absolute Gasteiger partial charge is 0.270 e. The van der Waals surface area contributed by atoms with Gasteiger partial charge in [0.15, 0.2) is 5.11 Å². The largest absolute Gasteiger partial charge is 0.457 e. The Kier molecular flexibility index (Phi) is 5.42. The van der Waals surface area contributed by atoms with E-state index in [2.05, 4.69) is 5.32 Å². The third-order valence-corrected chi connectivity index (χ3v) is 5.14. The molecule has 9 heteroatoms. The van der Waals surface area contributed by atoms with Crippen LogP contribution in [0.4, 0.5) is 10.1 Å². The lowest BCUT2D eigenvalue weighted by Gasteiger charge is -2.28. The summed E-state index contributed by atoms with van der Waals surface area (Å²) in [5, 5.41) is 3.05. The maximum atomic E-state index is 14.2. The summed E-state index contributed by atoms with van der Waals surface area (Å²) in [5.41, 5.74) is 0.278. The Bertz CT molecular complexity index is 1240. The maximum absolute atomic E-state index is 14.2. The van der Waals surface area contributed by atoms with Gasteiger partial charge in [0.2, 0.25) is 0 Å². The molecule has 0 saturated carbocycles. The van der Waals surface area contributed by atoms with Crippen LogP contribution in [0.2, 0.25) is 10.0 Å². The molecule has 30 heavy (non-hydrogen) atoms. The lowest BCUT2D eigenvalue weighted by Crippen LogP contribution is -2.54. The van der Waals surface area contributed by atoms with Crippen LogP contribution in [0.5, 0.6) is 0 Å². The van der Waals surface area contributed by atoms with Crippen molar-refractivity contribution in [3.63, 3.8) is 0 Å². The number of carbonyl (C=O) groups is 2. The van der Waals surface area contributed by atoms with Crippen molar-refractivity contribution in [2.75, 3.05) is 4.90 Å². The van der Waals surface area contributed by atoms with Gasteiger partial charge in [0.05, 0.1) is 10.7 Å². The molecule has 1 saturated heterocycles. The predicted octanol–water partition coefficient (Wildman–Crippen LogP) is 5.22. The van der Waals surface area contributed by atoms with Gasteiger partial charge in [-0.15, -0.1) is 0 Å². The number of rotatable bonds is 3. The molecule has 2 aromatic carbocycles. The van der Waals surface area contributed by atoms with Gasteiger partial charge in [0, 0.05) is 10.6 Å². The van der Waals surface area contributed by atoms with Crippen molar-refractivity contribution < 1.29 is 18.4 Å². The van der Waals surface area contributed by atoms with E-state index in [1.54, 1.807) is 36.4 Å². The van der Waals surface area contributed by atoms with E-state index in [9.17, 15) is 14.0 Å². The molecule has 150 valence electrons. The molecule has 4 rings (SSSR count). The minimum absolute atomic E-state index is 0.0634. The molecule has 0 aliphatic carbocycles. The van der Waals surface area contributed by atoms with E-state index in [-0.39, 0.29) is 22.1 Å². The summed E-state index contributed by atoms with van der Waals surface area (Å²) in [7, 11) is 0. The normalized spacial score (nSPS) is 15.6. The molecule has 2 amide bonds. The molecule has 1 aromatic heterocycles. The molecule has 0 atom stereocenters. The maximum Gasteiger partial charge on any atom is 0.270 e. The van der Waals surface area contributed by atoms with E-state index >= 15 is 0 Å². The number of furan rings is 1. The Morgan fingerprint density at radius 2 is 1.83 bits per heavy atom. The first-order valence-electron chi connectivity index (χ1n) is 8.56. The number of nitrogens with one attached hydrogen (secondary N) is 1. The quantitative estimate of drug-likeness (QED) is 0.330. The Labute approximate surface area is 185 Å². The number of thiocarbonyl (C=S) groups is 1. The number of amides is 2. The molecule has 2 heterocycles. The number of benzene rings is 2. The second-order valence-corrected chi connectivity index (χ2v) is 7.47. The monoisotopic (exact) mass is 460 g/mol. The van der Waals surface area contributed by atoms with Crippen LogP contribution in [-0.4, -0.2) is 16.9 Å². The molecule has 3 aromatic rings. The molecule has 0 spiro atoms. The van der Waals surface area contributed by atoms with E-state index in [0.717, 1.165) is 4.90 Å². The van der Waals surface area contributed by atoms with Crippen LogP contribution in [0, 0.1) is 5.82 Å². The van der Waals surface area contributed by atoms with Gasteiger partial charge in [-0.2, -0.15) is 0 Å². The molecule has 1 fully saturated rings. The van der Waals surface area contributed by atoms with Crippen molar-refractivity contribution >= 4 is 64.1 Å². The molecule has 1 aliphatic rings. The fraction of sp³-hybridized carbons (Fsp3) is 0. The van der Waals surface area contributed by atoms with Crippen LogP contribution < -0.4 is 10.2 Å². The van der Waals surface area contributed by atoms with Gasteiger partial charge in [-0.05, 0) is 60.8 Å². The first kappa shape index (κ1) is 20.3. The average Bonchev–Trinajstić information content (AvgIpc) is 3.15. The van der Waals surface area contributed by atoms with Crippen molar-refractivity contribution in [3.8, 4) is 11.3 Å². The third-order valence-electron chi connectivity index (χ3n) is 4.31. The van der Waals surface area contributed by atoms with Crippen LogP contribution >= 0.6 is 35.4 Å². The van der Waals surface area contributed by atoms with Gasteiger partial charge < -0.3 is 4.42 Å². The average molecular weight is 461 g/mol. The minimum atomic E-state index is -0.767. The summed E-state index contributed by atoms with van der Waals surface area (Å²) in [6.45, 7) is 0. The summed E-state index contributed by atoms with van der Waals surface area (Å²) in [6, 6.07) is 13.8. The molecule has 1 N–H and O–H groups in total. The number of para-hydroxylation sites is 1. The summed E-state index contributed by atoms with van der Waals surface area (Å²) in [6.07, 6.45) is 1.26. The zero-order valence-corrected chi connectivity index (χ0v) is 17.3. The topological polar surface area (TPSA) is 62.6 Å². The highest BCUT2D eigenvalue weighted by Gasteiger charge is 2.35. The van der Waals surface area contributed by atoms with Crippen molar-refractivity contribution in [3.05, 3.63) is 81.8 Å².